The van der Waals surface area contributed by atoms with Gasteiger partial charge < -0.3 is 5.32 Å². The fourth-order valence-electron chi connectivity index (χ4n) is 2.48. The number of amides is 1. The van der Waals surface area contributed by atoms with Gasteiger partial charge in [-0.3, -0.25) is 4.79 Å². The van der Waals surface area contributed by atoms with E-state index in [4.69, 9.17) is 5.14 Å². The van der Waals surface area contributed by atoms with Crippen LogP contribution in [0.1, 0.15) is 20.9 Å². The zero-order valence-corrected chi connectivity index (χ0v) is 15.9. The van der Waals surface area contributed by atoms with E-state index in [9.17, 15) is 17.6 Å². The molecule has 1 aromatic heterocycles. The van der Waals surface area contributed by atoms with Crippen molar-refractivity contribution in [2.45, 2.75) is 12.7 Å². The first-order valence-electron chi connectivity index (χ1n) is 7.85. The van der Waals surface area contributed by atoms with E-state index in [-0.39, 0.29) is 17.5 Å². The van der Waals surface area contributed by atoms with Crippen LogP contribution >= 0.6 is 11.3 Å². The molecule has 0 aliphatic heterocycles. The number of rotatable bonds is 5. The number of aromatic nitrogens is 1. The normalized spacial score (nSPS) is 11.4. The van der Waals surface area contributed by atoms with E-state index in [1.165, 1.54) is 23.5 Å². The average Bonchev–Trinajstić information content (AvgIpc) is 2.96. The largest absolute Gasteiger partial charge is 0.321 e. The summed E-state index contributed by atoms with van der Waals surface area (Å²) in [7, 11) is -3.66. The van der Waals surface area contributed by atoms with Crippen molar-refractivity contribution in [3.05, 3.63) is 70.5 Å². The molecule has 0 radical (unpaired) electrons. The number of hydrogen-bond donors (Lipinski definition) is 2. The molecule has 0 atom stereocenters. The van der Waals surface area contributed by atoms with Gasteiger partial charge in [-0.2, -0.15) is 0 Å². The predicted octanol–water partition coefficient (Wildman–Crippen LogP) is 3.30. The Kier molecular flexibility index (Phi) is 5.36. The molecule has 6 nitrogen and oxygen atoms in total. The van der Waals surface area contributed by atoms with Gasteiger partial charge in [0.05, 0.1) is 11.4 Å². The zero-order chi connectivity index (χ0) is 19.6. The molecule has 0 unspecified atom stereocenters. The summed E-state index contributed by atoms with van der Waals surface area (Å²) in [5, 5.41) is 8.40. The molecule has 0 aliphatic carbocycles. The minimum absolute atomic E-state index is 0.314. The highest BCUT2D eigenvalue weighted by molar-refractivity contribution is 7.88. The highest BCUT2D eigenvalue weighted by Gasteiger charge is 2.17. The van der Waals surface area contributed by atoms with Crippen molar-refractivity contribution in [3.63, 3.8) is 0 Å². The van der Waals surface area contributed by atoms with Crippen molar-refractivity contribution in [2.75, 3.05) is 5.32 Å². The molecule has 140 valence electrons. The Bertz CT molecular complexity index is 1090. The van der Waals surface area contributed by atoms with Gasteiger partial charge in [-0.05, 0) is 48.9 Å². The fraction of sp³-hybridized carbons (Fsp3) is 0.111. The molecule has 0 saturated heterocycles. The van der Waals surface area contributed by atoms with E-state index in [0.29, 0.717) is 26.8 Å². The SMILES string of the molecule is Cc1nc(-c2ccc(F)cc2)sc1C(=O)Nc1cccc(CS(N)(=O)=O)c1. The second-order valence-electron chi connectivity index (χ2n) is 5.90. The van der Waals surface area contributed by atoms with Crippen LogP contribution in [0.5, 0.6) is 0 Å². The number of aryl methyl sites for hydroxylation is 1. The molecule has 3 rings (SSSR count). The Morgan fingerprint density at radius 1 is 1.22 bits per heavy atom. The first kappa shape index (κ1) is 19.2. The predicted molar refractivity (Wildman–Crippen MR) is 103 cm³/mol. The van der Waals surface area contributed by atoms with Gasteiger partial charge in [0.25, 0.3) is 5.91 Å². The Morgan fingerprint density at radius 2 is 1.93 bits per heavy atom. The quantitative estimate of drug-likeness (QED) is 0.680. The summed E-state index contributed by atoms with van der Waals surface area (Å²) >= 11 is 1.20. The van der Waals surface area contributed by atoms with E-state index < -0.39 is 10.0 Å². The van der Waals surface area contributed by atoms with Gasteiger partial charge in [-0.25, -0.2) is 22.9 Å². The molecule has 3 N–H and O–H groups in total. The number of hydrogen-bond acceptors (Lipinski definition) is 5. The lowest BCUT2D eigenvalue weighted by molar-refractivity contribution is 0.103. The van der Waals surface area contributed by atoms with E-state index in [1.54, 1.807) is 43.3 Å². The summed E-state index contributed by atoms with van der Waals surface area (Å²) in [5.41, 5.74) is 2.21. The maximum Gasteiger partial charge on any atom is 0.267 e. The number of nitrogens with one attached hydrogen (secondary N) is 1. The Morgan fingerprint density at radius 3 is 2.59 bits per heavy atom. The number of halogens is 1. The smallest absolute Gasteiger partial charge is 0.267 e. The molecule has 2 aromatic carbocycles. The van der Waals surface area contributed by atoms with Gasteiger partial charge >= 0.3 is 0 Å². The molecule has 0 spiro atoms. The van der Waals surface area contributed by atoms with Crippen molar-refractivity contribution in [1.82, 2.24) is 4.98 Å². The van der Waals surface area contributed by atoms with E-state index in [0.717, 1.165) is 5.56 Å². The first-order valence-corrected chi connectivity index (χ1v) is 10.4. The van der Waals surface area contributed by atoms with Gasteiger partial charge in [0.2, 0.25) is 10.0 Å². The molecule has 0 aliphatic rings. The second-order valence-corrected chi connectivity index (χ2v) is 8.52. The summed E-state index contributed by atoms with van der Waals surface area (Å²) in [6, 6.07) is 12.3. The van der Waals surface area contributed by atoms with Crippen molar-refractivity contribution in [3.8, 4) is 10.6 Å². The molecule has 27 heavy (non-hydrogen) atoms. The summed E-state index contributed by atoms with van der Waals surface area (Å²) in [4.78, 5) is 17.4. The van der Waals surface area contributed by atoms with Crippen LogP contribution in [0.25, 0.3) is 10.6 Å². The third-order valence-electron chi connectivity index (χ3n) is 3.65. The minimum Gasteiger partial charge on any atom is -0.321 e. The van der Waals surface area contributed by atoms with E-state index in [1.807, 2.05) is 0 Å². The van der Waals surface area contributed by atoms with Gasteiger partial charge in [-0.1, -0.05) is 12.1 Å². The van der Waals surface area contributed by atoms with Crippen LogP contribution in [0, 0.1) is 12.7 Å². The summed E-state index contributed by atoms with van der Waals surface area (Å²) in [6.45, 7) is 1.72. The van der Waals surface area contributed by atoms with Gasteiger partial charge in [0, 0.05) is 11.3 Å². The first-order chi connectivity index (χ1) is 12.7. The standard InChI is InChI=1S/C18H16FN3O3S2/c1-11-16(26-18(21-11)13-5-7-14(19)8-6-13)17(23)22-15-4-2-3-12(9-15)10-27(20,24)25/h2-9H,10H2,1H3,(H,22,23)(H2,20,24,25). The Labute approximate surface area is 159 Å². The fourth-order valence-corrected chi connectivity index (χ4v) is 4.09. The Hall–Kier alpha value is -2.62. The molecular weight excluding hydrogens is 389 g/mol. The zero-order valence-electron chi connectivity index (χ0n) is 14.3. The van der Waals surface area contributed by atoms with Crippen molar-refractivity contribution in [2.24, 2.45) is 5.14 Å². The lowest BCUT2D eigenvalue weighted by Crippen LogP contribution is -2.15. The maximum atomic E-state index is 13.1. The van der Waals surface area contributed by atoms with Gasteiger partial charge in [-0.15, -0.1) is 11.3 Å². The number of anilines is 1. The average molecular weight is 405 g/mol. The van der Waals surface area contributed by atoms with Crippen molar-refractivity contribution < 1.29 is 17.6 Å². The van der Waals surface area contributed by atoms with Crippen LogP contribution in [-0.2, 0) is 15.8 Å². The van der Waals surface area contributed by atoms with E-state index >= 15 is 0 Å². The lowest BCUT2D eigenvalue weighted by atomic mass is 10.2. The highest BCUT2D eigenvalue weighted by atomic mass is 32.2. The molecule has 0 fully saturated rings. The molecule has 0 bridgehead atoms. The van der Waals surface area contributed by atoms with Gasteiger partial charge in [0.15, 0.2) is 0 Å². The molecular formula is C18H16FN3O3S2. The van der Waals surface area contributed by atoms with Crippen LogP contribution < -0.4 is 10.5 Å². The molecule has 1 amide bonds. The monoisotopic (exact) mass is 405 g/mol. The molecule has 1 heterocycles. The van der Waals surface area contributed by atoms with Gasteiger partial charge in [0.1, 0.15) is 15.7 Å². The minimum atomic E-state index is -3.66. The Balaban J connectivity index is 1.81. The van der Waals surface area contributed by atoms with E-state index in [2.05, 4.69) is 10.3 Å². The number of sulfonamides is 1. The topological polar surface area (TPSA) is 102 Å². The number of benzene rings is 2. The highest BCUT2D eigenvalue weighted by Crippen LogP contribution is 2.28. The van der Waals surface area contributed by atoms with Crippen LogP contribution in [0.3, 0.4) is 0 Å². The molecule has 3 aromatic rings. The van der Waals surface area contributed by atoms with Crippen LogP contribution in [0.2, 0.25) is 0 Å². The third-order valence-corrected chi connectivity index (χ3v) is 5.59. The summed E-state index contributed by atoms with van der Waals surface area (Å²) in [5.74, 6) is -1.01. The summed E-state index contributed by atoms with van der Waals surface area (Å²) < 4.78 is 35.5. The van der Waals surface area contributed by atoms with Crippen LogP contribution in [0.15, 0.2) is 48.5 Å². The number of carbonyl (C=O) groups is 1. The second kappa shape index (κ2) is 7.55. The van der Waals surface area contributed by atoms with Crippen LogP contribution in [0.4, 0.5) is 10.1 Å². The van der Waals surface area contributed by atoms with Crippen molar-refractivity contribution in [1.29, 1.82) is 0 Å². The molecule has 9 heteroatoms. The number of carbonyl (C=O) groups excluding carboxylic acids is 1. The number of nitrogens with two attached hydrogens (primary N) is 1. The maximum absolute atomic E-state index is 13.1. The summed E-state index contributed by atoms with van der Waals surface area (Å²) in [6.07, 6.45) is 0. The third kappa shape index (κ3) is 4.97. The van der Waals surface area contributed by atoms with Crippen LogP contribution in [-0.4, -0.2) is 19.3 Å². The number of primary sulfonamides is 1. The molecule has 0 saturated carbocycles. The van der Waals surface area contributed by atoms with Crippen molar-refractivity contribution >= 4 is 33.0 Å². The lowest BCUT2D eigenvalue weighted by Gasteiger charge is -2.06. The number of nitrogens with zero attached hydrogens (tertiary/aromatic N) is 1. The number of thiazole rings is 1.